The molecule has 0 bridgehead atoms. The molecule has 0 aliphatic carbocycles. The minimum Gasteiger partial charge on any atom is -0.473 e. The fraction of sp³-hybridized carbons (Fsp3) is 0.419. The van der Waals surface area contributed by atoms with Crippen LogP contribution >= 0.6 is 0 Å². The van der Waals surface area contributed by atoms with E-state index < -0.39 is 5.60 Å². The molecule has 0 spiro atoms. The Morgan fingerprint density at radius 3 is 2.20 bits per heavy atom. The Bertz CT molecular complexity index is 2010. The molecule has 284 valence electrons. The minimum absolute atomic E-state index is 0.0216. The molecule has 1 N–H and O–H groups in total. The number of aliphatic hydroxyl groups excluding tert-OH is 1. The van der Waals surface area contributed by atoms with E-state index in [0.717, 1.165) is 72.3 Å². The molecule has 1 atom stereocenters. The van der Waals surface area contributed by atoms with Crippen LogP contribution in [0.1, 0.15) is 44.7 Å². The Balaban J connectivity index is 1.02. The van der Waals surface area contributed by atoms with E-state index in [-0.39, 0.29) is 18.7 Å². The molecule has 0 saturated carbocycles. The van der Waals surface area contributed by atoms with E-state index in [1.807, 2.05) is 105 Å². The maximum absolute atomic E-state index is 12.7. The molecule has 2 saturated heterocycles. The van der Waals surface area contributed by atoms with Gasteiger partial charge in [0.25, 0.3) is 0 Å². The highest BCUT2D eigenvalue weighted by Crippen LogP contribution is 2.37. The monoisotopic (exact) mass is 732 g/mol. The summed E-state index contributed by atoms with van der Waals surface area (Å²) in [5, 5.41) is 16.2. The molecular formula is C43H52N6O5. The number of hydrogen-bond acceptors (Lipinski definition) is 9. The molecule has 0 unspecified atom stereocenters. The van der Waals surface area contributed by atoms with Gasteiger partial charge in [0.1, 0.15) is 24.5 Å². The number of benzene rings is 3. The second kappa shape index (κ2) is 16.5. The number of aromatic nitrogens is 3. The van der Waals surface area contributed by atoms with Crippen LogP contribution in [-0.2, 0) is 25.0 Å². The van der Waals surface area contributed by atoms with Gasteiger partial charge in [-0.05, 0) is 74.9 Å². The normalized spacial score (nSPS) is 17.2. The van der Waals surface area contributed by atoms with Crippen molar-refractivity contribution in [2.24, 2.45) is 13.0 Å². The van der Waals surface area contributed by atoms with Crippen molar-refractivity contribution >= 4 is 22.7 Å². The van der Waals surface area contributed by atoms with Gasteiger partial charge in [-0.15, -0.1) is 0 Å². The van der Waals surface area contributed by atoms with Crippen molar-refractivity contribution in [3.63, 3.8) is 0 Å². The molecule has 2 aromatic heterocycles. The van der Waals surface area contributed by atoms with Crippen molar-refractivity contribution < 1.29 is 24.1 Å². The quantitative estimate of drug-likeness (QED) is 0.155. The highest BCUT2D eigenvalue weighted by molar-refractivity contribution is 5.96. The summed E-state index contributed by atoms with van der Waals surface area (Å²) in [6.45, 7) is 11.1. The predicted octanol–water partition coefficient (Wildman–Crippen LogP) is 6.92. The molecule has 2 fully saturated rings. The van der Waals surface area contributed by atoms with Crippen molar-refractivity contribution in [3.8, 4) is 23.0 Å². The lowest BCUT2D eigenvalue weighted by atomic mass is 9.94. The Labute approximate surface area is 318 Å². The fourth-order valence-electron chi connectivity index (χ4n) is 7.40. The second-order valence-electron chi connectivity index (χ2n) is 15.4. The molecule has 11 heteroatoms. The molecule has 4 heterocycles. The number of carbonyl (C=O) groups excluding carboxylic acids is 1. The van der Waals surface area contributed by atoms with Gasteiger partial charge in [0.05, 0.1) is 23.7 Å². The molecule has 0 radical (unpaired) electrons. The van der Waals surface area contributed by atoms with Crippen molar-refractivity contribution in [2.45, 2.75) is 58.5 Å². The summed E-state index contributed by atoms with van der Waals surface area (Å²) in [5.74, 6) is 1.49. The maximum atomic E-state index is 12.7. The average molecular weight is 733 g/mol. The Morgan fingerprint density at radius 1 is 0.852 bits per heavy atom. The zero-order valence-electron chi connectivity index (χ0n) is 31.9. The number of pyridine rings is 1. The highest BCUT2D eigenvalue weighted by atomic mass is 16.6. The third-order valence-corrected chi connectivity index (χ3v) is 10.3. The third-order valence-electron chi connectivity index (χ3n) is 10.3. The summed E-state index contributed by atoms with van der Waals surface area (Å²) in [6.07, 6.45) is 1.82. The highest BCUT2D eigenvalue weighted by Gasteiger charge is 2.33. The number of nitrogens with zero attached hydrogens (tertiary/aromatic N) is 6. The summed E-state index contributed by atoms with van der Waals surface area (Å²) in [7, 11) is 1.98. The number of aryl methyl sites for hydroxylation is 1. The van der Waals surface area contributed by atoms with Crippen LogP contribution in [0, 0.1) is 5.92 Å². The molecule has 5 aromatic rings. The van der Waals surface area contributed by atoms with Crippen LogP contribution in [-0.4, -0.2) is 93.3 Å². The Morgan fingerprint density at radius 2 is 1.54 bits per heavy atom. The first kappa shape index (κ1) is 37.2. The first-order valence-corrected chi connectivity index (χ1v) is 19.0. The molecule has 1 amide bonds. The number of piperidine rings is 1. The predicted molar refractivity (Wildman–Crippen MR) is 211 cm³/mol. The van der Waals surface area contributed by atoms with Gasteiger partial charge in [-0.1, -0.05) is 60.7 Å². The Kier molecular flexibility index (Phi) is 11.4. The smallest absolute Gasteiger partial charge is 0.410 e. The van der Waals surface area contributed by atoms with Gasteiger partial charge >= 0.3 is 6.09 Å². The molecular weight excluding hydrogens is 681 g/mol. The lowest BCUT2D eigenvalue weighted by Gasteiger charge is -2.43. The number of anilines is 1. The average Bonchev–Trinajstić information content (AvgIpc) is 3.51. The van der Waals surface area contributed by atoms with E-state index in [0.29, 0.717) is 44.0 Å². The third kappa shape index (κ3) is 8.97. The number of hydrogen-bond donors (Lipinski definition) is 1. The number of rotatable bonds is 11. The van der Waals surface area contributed by atoms with E-state index in [4.69, 9.17) is 24.3 Å². The van der Waals surface area contributed by atoms with Crippen LogP contribution in [0.4, 0.5) is 10.5 Å². The Hall–Kier alpha value is -5.13. The standard InChI is InChI=1S/C43H52N6O5/c1-43(2,3)54-42(51)49-24-23-48(35(27-49)28-50)26-31-19-21-47(22-20-31)34-15-16-36-38(25-34)46(4)45-40(36)37-17-18-39(52-29-32-11-7-5-8-12-32)44-41(37)53-30-33-13-9-6-10-14-33/h5-18,25,31,35,50H,19-24,26-30H2,1-4H3/t35-/m1/s1. The minimum atomic E-state index is -0.538. The van der Waals surface area contributed by atoms with Crippen molar-refractivity contribution in [3.05, 3.63) is 102 Å². The number of fused-ring (bicyclic) bond motifs is 1. The van der Waals surface area contributed by atoms with Crippen molar-refractivity contribution in [1.29, 1.82) is 0 Å². The van der Waals surface area contributed by atoms with Crippen LogP contribution in [0.2, 0.25) is 0 Å². The first-order chi connectivity index (χ1) is 26.1. The van der Waals surface area contributed by atoms with E-state index in [1.165, 1.54) is 5.69 Å². The summed E-state index contributed by atoms with van der Waals surface area (Å²) in [4.78, 5) is 24.0. The largest absolute Gasteiger partial charge is 0.473 e. The lowest BCUT2D eigenvalue weighted by molar-refractivity contribution is -0.00822. The second-order valence-corrected chi connectivity index (χ2v) is 15.4. The molecule has 2 aliphatic heterocycles. The van der Waals surface area contributed by atoms with E-state index >= 15 is 0 Å². The van der Waals surface area contributed by atoms with E-state index in [2.05, 4.69) is 28.0 Å². The van der Waals surface area contributed by atoms with Gasteiger partial charge in [0, 0.05) is 63.5 Å². The van der Waals surface area contributed by atoms with Crippen LogP contribution in [0.3, 0.4) is 0 Å². The molecule has 11 nitrogen and oxygen atoms in total. The van der Waals surface area contributed by atoms with E-state index in [9.17, 15) is 9.90 Å². The number of piperazine rings is 1. The van der Waals surface area contributed by atoms with Gasteiger partial charge in [-0.3, -0.25) is 9.58 Å². The van der Waals surface area contributed by atoms with Crippen molar-refractivity contribution in [2.75, 3.05) is 50.8 Å². The summed E-state index contributed by atoms with van der Waals surface area (Å²) in [5.41, 5.74) is 5.42. The molecule has 3 aromatic carbocycles. The van der Waals surface area contributed by atoms with Crippen LogP contribution in [0.5, 0.6) is 11.8 Å². The van der Waals surface area contributed by atoms with Gasteiger partial charge < -0.3 is 29.1 Å². The molecule has 54 heavy (non-hydrogen) atoms. The molecule has 7 rings (SSSR count). The molecule has 2 aliphatic rings. The lowest BCUT2D eigenvalue weighted by Crippen LogP contribution is -2.58. The van der Waals surface area contributed by atoms with Crippen LogP contribution < -0.4 is 14.4 Å². The van der Waals surface area contributed by atoms with Crippen LogP contribution in [0.15, 0.2) is 91.0 Å². The summed E-state index contributed by atoms with van der Waals surface area (Å²) < 4.78 is 20.0. The van der Waals surface area contributed by atoms with Crippen molar-refractivity contribution in [1.82, 2.24) is 24.6 Å². The number of aliphatic hydroxyl groups is 1. The van der Waals surface area contributed by atoms with Gasteiger partial charge in [0.15, 0.2) is 0 Å². The number of ether oxygens (including phenoxy) is 3. The van der Waals surface area contributed by atoms with Crippen LogP contribution in [0.25, 0.3) is 22.2 Å². The van der Waals surface area contributed by atoms with Gasteiger partial charge in [0.2, 0.25) is 11.8 Å². The topological polar surface area (TPSA) is 105 Å². The SMILES string of the molecule is Cn1nc(-c2ccc(OCc3ccccc3)nc2OCc2ccccc2)c2ccc(N3CCC(CN4CCN(C(=O)OC(C)(C)C)C[C@@H]4CO)CC3)cc21. The number of carbonyl (C=O) groups is 1. The first-order valence-electron chi connectivity index (χ1n) is 19.0. The zero-order valence-corrected chi connectivity index (χ0v) is 31.9. The fourth-order valence-corrected chi connectivity index (χ4v) is 7.40. The van der Waals surface area contributed by atoms with Gasteiger partial charge in [-0.25, -0.2) is 4.79 Å². The zero-order chi connectivity index (χ0) is 37.7. The van der Waals surface area contributed by atoms with Gasteiger partial charge in [-0.2, -0.15) is 10.1 Å². The number of amides is 1. The van der Waals surface area contributed by atoms with E-state index in [1.54, 1.807) is 4.90 Å². The summed E-state index contributed by atoms with van der Waals surface area (Å²) >= 11 is 0. The maximum Gasteiger partial charge on any atom is 0.410 e. The summed E-state index contributed by atoms with van der Waals surface area (Å²) in [6, 6.07) is 30.5.